The Kier molecular flexibility index (Phi) is 6.43. The highest BCUT2D eigenvalue weighted by atomic mass is 16.5. The molecule has 4 rings (SSSR count). The van der Waals surface area contributed by atoms with Crippen LogP contribution in [0, 0.1) is 0 Å². The summed E-state index contributed by atoms with van der Waals surface area (Å²) in [6.07, 6.45) is 9.81. The number of likely N-dealkylation sites (tertiary alicyclic amines) is 1. The van der Waals surface area contributed by atoms with Crippen molar-refractivity contribution in [3.63, 3.8) is 0 Å². The number of nitrogens with zero attached hydrogens (tertiary/aromatic N) is 3. The third-order valence-corrected chi connectivity index (χ3v) is 5.32. The van der Waals surface area contributed by atoms with Gasteiger partial charge in [-0.15, -0.1) is 0 Å². The van der Waals surface area contributed by atoms with E-state index in [0.717, 1.165) is 31.6 Å². The molecule has 1 aromatic heterocycles. The second kappa shape index (κ2) is 9.58. The highest BCUT2D eigenvalue weighted by molar-refractivity contribution is 5.30. The van der Waals surface area contributed by atoms with Crippen LogP contribution in [0.5, 0.6) is 0 Å². The lowest BCUT2D eigenvalue weighted by atomic mass is 10.0. The van der Waals surface area contributed by atoms with E-state index in [4.69, 9.17) is 4.74 Å². The lowest BCUT2D eigenvalue weighted by Crippen LogP contribution is -2.43. The Hall–Kier alpha value is -2.56. The van der Waals surface area contributed by atoms with Gasteiger partial charge in [-0.25, -0.2) is 0 Å². The van der Waals surface area contributed by atoms with E-state index in [1.54, 1.807) is 12.4 Å². The number of benzene rings is 2. The van der Waals surface area contributed by atoms with Crippen LogP contribution in [0.2, 0.25) is 0 Å². The first-order valence-corrected chi connectivity index (χ1v) is 10.1. The van der Waals surface area contributed by atoms with Crippen molar-refractivity contribution < 1.29 is 4.74 Å². The van der Waals surface area contributed by atoms with Crippen LogP contribution in [0.4, 0.5) is 0 Å². The van der Waals surface area contributed by atoms with Gasteiger partial charge in [0.1, 0.15) is 12.3 Å². The molecule has 0 amide bonds. The van der Waals surface area contributed by atoms with Gasteiger partial charge < -0.3 is 4.74 Å². The maximum absolute atomic E-state index is 6.75. The smallest absolute Gasteiger partial charge is 0.111 e. The Morgan fingerprint density at radius 2 is 1.64 bits per heavy atom. The van der Waals surface area contributed by atoms with Gasteiger partial charge in [-0.05, 0) is 30.4 Å². The fourth-order valence-electron chi connectivity index (χ4n) is 3.85. The third-order valence-electron chi connectivity index (χ3n) is 5.32. The van der Waals surface area contributed by atoms with Crippen molar-refractivity contribution >= 4 is 0 Å². The zero-order valence-electron chi connectivity index (χ0n) is 16.2. The zero-order valence-corrected chi connectivity index (χ0v) is 16.2. The van der Waals surface area contributed by atoms with Crippen LogP contribution in [0.15, 0.2) is 79.3 Å². The van der Waals surface area contributed by atoms with Crippen LogP contribution in [0.3, 0.4) is 0 Å². The molecule has 0 bridgehead atoms. The molecular weight excluding hydrogens is 346 g/mol. The number of hydrogen-bond acceptors (Lipinski definition) is 4. The fourth-order valence-corrected chi connectivity index (χ4v) is 3.85. The van der Waals surface area contributed by atoms with E-state index < -0.39 is 0 Å². The van der Waals surface area contributed by atoms with Crippen LogP contribution in [0.1, 0.15) is 42.2 Å². The van der Waals surface area contributed by atoms with E-state index in [1.807, 2.05) is 6.20 Å². The Morgan fingerprint density at radius 1 is 0.929 bits per heavy atom. The Bertz CT molecular complexity index is 787. The zero-order chi connectivity index (χ0) is 19.0. The van der Waals surface area contributed by atoms with Crippen molar-refractivity contribution in [2.24, 2.45) is 0 Å². The molecule has 4 heteroatoms. The van der Waals surface area contributed by atoms with Gasteiger partial charge in [-0.3, -0.25) is 14.9 Å². The van der Waals surface area contributed by atoms with Crippen molar-refractivity contribution in [2.75, 3.05) is 13.1 Å². The largest absolute Gasteiger partial charge is 0.350 e. The Morgan fingerprint density at radius 3 is 2.29 bits per heavy atom. The van der Waals surface area contributed by atoms with Crippen molar-refractivity contribution in [1.82, 2.24) is 14.9 Å². The molecule has 0 radical (unpaired) electrons. The first-order chi connectivity index (χ1) is 13.9. The molecule has 0 N–H and O–H groups in total. The number of hydrogen-bond donors (Lipinski definition) is 0. The molecule has 1 aliphatic rings. The summed E-state index contributed by atoms with van der Waals surface area (Å²) in [5, 5.41) is 0. The monoisotopic (exact) mass is 373 g/mol. The highest BCUT2D eigenvalue weighted by Crippen LogP contribution is 2.31. The van der Waals surface area contributed by atoms with Crippen molar-refractivity contribution in [3.8, 4) is 0 Å². The number of aromatic nitrogens is 2. The predicted octanol–water partition coefficient (Wildman–Crippen LogP) is 4.64. The van der Waals surface area contributed by atoms with Gasteiger partial charge in [-0.1, -0.05) is 60.7 Å². The summed E-state index contributed by atoms with van der Waals surface area (Å²) in [5.74, 6) is 0. The summed E-state index contributed by atoms with van der Waals surface area (Å²) in [5.41, 5.74) is 3.44. The third kappa shape index (κ3) is 4.83. The van der Waals surface area contributed by atoms with Gasteiger partial charge in [0, 0.05) is 38.1 Å². The molecule has 1 saturated heterocycles. The maximum Gasteiger partial charge on any atom is 0.111 e. The normalized spacial score (nSPS) is 17.7. The van der Waals surface area contributed by atoms with Gasteiger partial charge >= 0.3 is 0 Å². The van der Waals surface area contributed by atoms with E-state index in [2.05, 4.69) is 75.5 Å². The Balaban J connectivity index is 1.50. The average Bonchev–Trinajstić information content (AvgIpc) is 2.78. The average molecular weight is 374 g/mol. The van der Waals surface area contributed by atoms with Crippen LogP contribution in [-0.2, 0) is 11.2 Å². The molecule has 0 aliphatic carbocycles. The molecule has 2 aromatic carbocycles. The van der Waals surface area contributed by atoms with Crippen LogP contribution in [-0.4, -0.2) is 34.2 Å². The molecule has 1 atom stereocenters. The molecule has 0 unspecified atom stereocenters. The van der Waals surface area contributed by atoms with Crippen LogP contribution >= 0.6 is 0 Å². The lowest BCUT2D eigenvalue weighted by molar-refractivity contribution is -0.105. The SMILES string of the molecule is c1ccc(C(O[C@H]2CCCCN2CCc2cnccn2)c2ccccc2)cc1. The van der Waals surface area contributed by atoms with Crippen LogP contribution < -0.4 is 0 Å². The molecule has 2 heterocycles. The fraction of sp³-hybridized carbons (Fsp3) is 0.333. The van der Waals surface area contributed by atoms with E-state index in [-0.39, 0.29) is 12.3 Å². The summed E-state index contributed by atoms with van der Waals surface area (Å²) in [7, 11) is 0. The predicted molar refractivity (Wildman–Crippen MR) is 111 cm³/mol. The second-order valence-corrected chi connectivity index (χ2v) is 7.27. The maximum atomic E-state index is 6.75. The number of ether oxygens (including phenoxy) is 1. The van der Waals surface area contributed by atoms with Crippen molar-refractivity contribution in [1.29, 1.82) is 0 Å². The minimum atomic E-state index is -0.0514. The number of rotatable bonds is 7. The second-order valence-electron chi connectivity index (χ2n) is 7.27. The lowest BCUT2D eigenvalue weighted by Gasteiger charge is -2.37. The minimum Gasteiger partial charge on any atom is -0.350 e. The molecule has 144 valence electrons. The molecule has 4 nitrogen and oxygen atoms in total. The minimum absolute atomic E-state index is 0.0514. The van der Waals surface area contributed by atoms with Crippen molar-refractivity contribution in [2.45, 2.75) is 38.0 Å². The molecule has 0 saturated carbocycles. The molecule has 28 heavy (non-hydrogen) atoms. The summed E-state index contributed by atoms with van der Waals surface area (Å²) in [6.45, 7) is 2.01. The van der Waals surface area contributed by atoms with Crippen molar-refractivity contribution in [3.05, 3.63) is 96.1 Å². The summed E-state index contributed by atoms with van der Waals surface area (Å²) < 4.78 is 6.75. The molecule has 3 aromatic rings. The standard InChI is InChI=1S/C24H27N3O/c1-3-9-20(10-4-1)24(21-11-5-2-6-12-21)28-23-13-7-8-17-27(23)18-14-22-19-25-15-16-26-22/h1-6,9-12,15-16,19,23-24H,7-8,13-14,17-18H2/t23-/m0/s1. The summed E-state index contributed by atoms with van der Waals surface area (Å²) in [6, 6.07) is 21.1. The number of piperidine rings is 1. The molecular formula is C24H27N3O. The van der Waals surface area contributed by atoms with Gasteiger partial charge in [0.2, 0.25) is 0 Å². The summed E-state index contributed by atoms with van der Waals surface area (Å²) >= 11 is 0. The van der Waals surface area contributed by atoms with Gasteiger partial charge in [0.15, 0.2) is 0 Å². The van der Waals surface area contributed by atoms with E-state index in [9.17, 15) is 0 Å². The van der Waals surface area contributed by atoms with Gasteiger partial charge in [0.25, 0.3) is 0 Å². The van der Waals surface area contributed by atoms with Gasteiger partial charge in [-0.2, -0.15) is 0 Å². The Labute approximate surface area is 167 Å². The van der Waals surface area contributed by atoms with E-state index in [0.29, 0.717) is 0 Å². The van der Waals surface area contributed by atoms with E-state index >= 15 is 0 Å². The summed E-state index contributed by atoms with van der Waals surface area (Å²) in [4.78, 5) is 11.1. The molecule has 0 spiro atoms. The van der Waals surface area contributed by atoms with Gasteiger partial charge in [0.05, 0.1) is 5.69 Å². The first-order valence-electron chi connectivity index (χ1n) is 10.1. The highest BCUT2D eigenvalue weighted by Gasteiger charge is 2.27. The molecule has 1 aliphatic heterocycles. The van der Waals surface area contributed by atoms with Crippen LogP contribution in [0.25, 0.3) is 0 Å². The topological polar surface area (TPSA) is 38.2 Å². The van der Waals surface area contributed by atoms with E-state index in [1.165, 1.54) is 24.0 Å². The quantitative estimate of drug-likeness (QED) is 0.605. The first kappa shape index (κ1) is 18.8. The molecule has 1 fully saturated rings.